The van der Waals surface area contributed by atoms with Crippen molar-refractivity contribution in [2.75, 3.05) is 20.6 Å². The van der Waals surface area contributed by atoms with Crippen LogP contribution in [0.4, 0.5) is 0 Å². The zero-order chi connectivity index (χ0) is 18.8. The first-order chi connectivity index (χ1) is 13.1. The second-order valence-corrected chi connectivity index (χ2v) is 8.47. The molecule has 0 fully saturated rings. The van der Waals surface area contributed by atoms with Gasteiger partial charge in [0.2, 0.25) is 5.91 Å². The Bertz CT molecular complexity index is 918. The van der Waals surface area contributed by atoms with Crippen LogP contribution in [0.1, 0.15) is 35.0 Å². The molecule has 4 nitrogen and oxygen atoms in total. The van der Waals surface area contributed by atoms with Gasteiger partial charge in [-0.05, 0) is 49.6 Å². The number of carbonyl (C=O) groups excluding carboxylic acids is 1. The van der Waals surface area contributed by atoms with E-state index in [4.69, 9.17) is 0 Å². The van der Waals surface area contributed by atoms with Crippen molar-refractivity contribution < 1.29 is 4.79 Å². The van der Waals surface area contributed by atoms with Gasteiger partial charge in [-0.3, -0.25) is 9.69 Å². The number of hydrogen-bond acceptors (Lipinski definition) is 4. The van der Waals surface area contributed by atoms with Gasteiger partial charge < -0.3 is 4.90 Å². The highest BCUT2D eigenvalue weighted by atomic mass is 32.1. The molecule has 3 aromatic rings. The van der Waals surface area contributed by atoms with Crippen LogP contribution in [0, 0.1) is 0 Å². The van der Waals surface area contributed by atoms with Crippen LogP contribution in [-0.2, 0) is 17.8 Å². The quantitative estimate of drug-likeness (QED) is 0.664. The molecule has 1 aliphatic carbocycles. The number of thiazole rings is 1. The van der Waals surface area contributed by atoms with Crippen LogP contribution in [0.25, 0.3) is 10.2 Å². The highest BCUT2D eigenvalue weighted by Gasteiger charge is 2.26. The SMILES string of the molecule is CN(CC(=O)N(C)C1CCCc2ccccc21)Cc1nc2ccccc2s1. The first kappa shape index (κ1) is 18.1. The number of likely N-dealkylation sites (N-methyl/N-ethyl adjacent to an activating group) is 2. The van der Waals surface area contributed by atoms with Gasteiger partial charge in [0.15, 0.2) is 0 Å². The Labute approximate surface area is 164 Å². The number of fused-ring (bicyclic) bond motifs is 2. The minimum absolute atomic E-state index is 0.167. The molecule has 1 unspecified atom stereocenters. The summed E-state index contributed by atoms with van der Waals surface area (Å²) in [4.78, 5) is 21.6. The van der Waals surface area contributed by atoms with E-state index < -0.39 is 0 Å². The molecule has 0 spiro atoms. The molecule has 0 aliphatic heterocycles. The molecule has 4 rings (SSSR count). The Morgan fingerprint density at radius 2 is 1.93 bits per heavy atom. The lowest BCUT2D eigenvalue weighted by molar-refractivity contribution is -0.133. The average Bonchev–Trinajstić information content (AvgIpc) is 3.08. The second-order valence-electron chi connectivity index (χ2n) is 7.36. The van der Waals surface area contributed by atoms with Crippen LogP contribution in [-0.4, -0.2) is 41.3 Å². The van der Waals surface area contributed by atoms with Gasteiger partial charge in [-0.2, -0.15) is 0 Å². The minimum atomic E-state index is 0.167. The van der Waals surface area contributed by atoms with Gasteiger partial charge in [-0.15, -0.1) is 11.3 Å². The third kappa shape index (κ3) is 3.89. The Balaban J connectivity index is 1.41. The molecule has 140 valence electrons. The fourth-order valence-electron chi connectivity index (χ4n) is 3.92. The normalized spacial score (nSPS) is 16.5. The third-order valence-corrected chi connectivity index (χ3v) is 6.37. The van der Waals surface area contributed by atoms with Gasteiger partial charge >= 0.3 is 0 Å². The molecule has 0 radical (unpaired) electrons. The number of benzene rings is 2. The van der Waals surface area contributed by atoms with Crippen molar-refractivity contribution in [3.63, 3.8) is 0 Å². The summed E-state index contributed by atoms with van der Waals surface area (Å²) in [6.45, 7) is 1.10. The lowest BCUT2D eigenvalue weighted by Crippen LogP contribution is -2.39. The lowest BCUT2D eigenvalue weighted by Gasteiger charge is -2.34. The summed E-state index contributed by atoms with van der Waals surface area (Å²) in [5, 5.41) is 1.05. The van der Waals surface area contributed by atoms with Gasteiger partial charge in [0, 0.05) is 7.05 Å². The summed E-state index contributed by atoms with van der Waals surface area (Å²) in [6.07, 6.45) is 3.30. The van der Waals surface area contributed by atoms with Crippen LogP contribution < -0.4 is 0 Å². The Morgan fingerprint density at radius 1 is 1.15 bits per heavy atom. The largest absolute Gasteiger partial charge is 0.338 e. The number of carbonyl (C=O) groups is 1. The third-order valence-electron chi connectivity index (χ3n) is 5.35. The van der Waals surface area contributed by atoms with E-state index >= 15 is 0 Å². The molecule has 1 heterocycles. The van der Waals surface area contributed by atoms with Crippen molar-refractivity contribution in [1.82, 2.24) is 14.8 Å². The second kappa shape index (κ2) is 7.79. The number of para-hydroxylation sites is 1. The molecule has 0 bridgehead atoms. The molecule has 0 saturated heterocycles. The smallest absolute Gasteiger partial charge is 0.237 e. The predicted octanol–water partition coefficient (Wildman–Crippen LogP) is 4.26. The molecular formula is C22H25N3OS. The summed E-state index contributed by atoms with van der Waals surface area (Å²) in [5.74, 6) is 0.167. The van der Waals surface area contributed by atoms with Crippen LogP contribution in [0.2, 0.25) is 0 Å². The molecule has 1 atom stereocenters. The number of amides is 1. The zero-order valence-corrected chi connectivity index (χ0v) is 16.7. The lowest BCUT2D eigenvalue weighted by atomic mass is 9.87. The van der Waals surface area contributed by atoms with Crippen LogP contribution >= 0.6 is 11.3 Å². The van der Waals surface area contributed by atoms with Crippen molar-refractivity contribution in [3.8, 4) is 0 Å². The fraction of sp³-hybridized carbons (Fsp3) is 0.364. The standard InChI is InChI=1S/C22H25N3OS/c1-24(14-21-23-18-11-5-6-13-20(18)27-21)15-22(26)25(2)19-12-7-9-16-8-3-4-10-17(16)19/h3-6,8,10-11,13,19H,7,9,12,14-15H2,1-2H3. The maximum Gasteiger partial charge on any atom is 0.237 e. The van der Waals surface area contributed by atoms with Crippen molar-refractivity contribution >= 4 is 27.5 Å². The Hall–Kier alpha value is -2.24. The fourth-order valence-corrected chi connectivity index (χ4v) is 4.97. The van der Waals surface area contributed by atoms with Crippen molar-refractivity contribution in [1.29, 1.82) is 0 Å². The van der Waals surface area contributed by atoms with E-state index in [1.807, 2.05) is 37.2 Å². The van der Waals surface area contributed by atoms with Crippen LogP contribution in [0.15, 0.2) is 48.5 Å². The molecule has 27 heavy (non-hydrogen) atoms. The first-order valence-corrected chi connectivity index (χ1v) is 10.3. The summed E-state index contributed by atoms with van der Waals surface area (Å²) in [5.41, 5.74) is 3.73. The van der Waals surface area contributed by atoms with E-state index in [0.717, 1.165) is 29.8 Å². The van der Waals surface area contributed by atoms with Gasteiger partial charge in [-0.25, -0.2) is 4.98 Å². The van der Waals surface area contributed by atoms with Gasteiger partial charge in [0.05, 0.1) is 29.3 Å². The first-order valence-electron chi connectivity index (χ1n) is 9.48. The molecule has 5 heteroatoms. The summed E-state index contributed by atoms with van der Waals surface area (Å²) in [6, 6.07) is 16.9. The topological polar surface area (TPSA) is 36.4 Å². The van der Waals surface area contributed by atoms with Gasteiger partial charge in [0.25, 0.3) is 0 Å². The van der Waals surface area contributed by atoms with E-state index in [1.54, 1.807) is 11.3 Å². The number of hydrogen-bond donors (Lipinski definition) is 0. The molecule has 1 aromatic heterocycles. The van der Waals surface area contributed by atoms with Crippen molar-refractivity contribution in [2.45, 2.75) is 31.8 Å². The van der Waals surface area contributed by atoms with Crippen molar-refractivity contribution in [3.05, 3.63) is 64.7 Å². The van der Waals surface area contributed by atoms with E-state index in [-0.39, 0.29) is 11.9 Å². The molecule has 0 N–H and O–H groups in total. The maximum absolute atomic E-state index is 12.9. The molecule has 1 amide bonds. The molecule has 2 aromatic carbocycles. The summed E-state index contributed by atoms with van der Waals surface area (Å²) in [7, 11) is 3.94. The van der Waals surface area contributed by atoms with Crippen molar-refractivity contribution in [2.24, 2.45) is 0 Å². The summed E-state index contributed by atoms with van der Waals surface area (Å²) >= 11 is 1.70. The van der Waals surface area contributed by atoms with E-state index in [1.165, 1.54) is 15.8 Å². The van der Waals surface area contributed by atoms with E-state index in [9.17, 15) is 4.79 Å². The average molecular weight is 380 g/mol. The van der Waals surface area contributed by atoms with Gasteiger partial charge in [0.1, 0.15) is 5.01 Å². The monoisotopic (exact) mass is 379 g/mol. The molecular weight excluding hydrogens is 354 g/mol. The van der Waals surface area contributed by atoms with E-state index in [0.29, 0.717) is 13.1 Å². The predicted molar refractivity (Wildman–Crippen MR) is 111 cm³/mol. The molecule has 0 saturated carbocycles. The summed E-state index contributed by atoms with van der Waals surface area (Å²) < 4.78 is 1.20. The highest BCUT2D eigenvalue weighted by Crippen LogP contribution is 2.33. The molecule has 1 aliphatic rings. The van der Waals surface area contributed by atoms with Gasteiger partial charge in [-0.1, -0.05) is 36.4 Å². The minimum Gasteiger partial charge on any atom is -0.338 e. The number of rotatable bonds is 5. The van der Waals surface area contributed by atoms with E-state index in [2.05, 4.69) is 40.2 Å². The Kier molecular flexibility index (Phi) is 5.23. The zero-order valence-electron chi connectivity index (χ0n) is 15.9. The highest BCUT2D eigenvalue weighted by molar-refractivity contribution is 7.18. The Morgan fingerprint density at radius 3 is 2.78 bits per heavy atom. The maximum atomic E-state index is 12.9. The van der Waals surface area contributed by atoms with Crippen LogP contribution in [0.5, 0.6) is 0 Å². The number of aromatic nitrogens is 1. The number of nitrogens with zero attached hydrogens (tertiary/aromatic N) is 3. The number of aryl methyl sites for hydroxylation is 1. The van der Waals surface area contributed by atoms with Crippen LogP contribution in [0.3, 0.4) is 0 Å².